The molecular weight excluding hydrogens is 1160 g/mol. The largest absolute Gasteiger partial charge is 0.384 e. The van der Waals surface area contributed by atoms with Crippen LogP contribution in [0.25, 0.3) is 10.8 Å². The molecule has 14 N–H and O–H groups in total. The Labute approximate surface area is 566 Å². The monoisotopic (exact) mass is 1280 g/mol. The molecule has 0 spiro atoms. The van der Waals surface area contributed by atoms with Gasteiger partial charge in [0.15, 0.2) is 0 Å². The molecule has 94 heavy (non-hydrogen) atoms. The van der Waals surface area contributed by atoms with E-state index in [9.17, 15) is 0 Å². The third-order valence-corrected chi connectivity index (χ3v) is 15.6. The molecule has 0 atom stereocenters. The molecule has 9 aromatic rings. The van der Waals surface area contributed by atoms with Crippen LogP contribution < -0.4 is 45.0 Å². The smallest absolute Gasteiger partial charge is 0.126 e. The van der Waals surface area contributed by atoms with Crippen LogP contribution in [0.4, 0.5) is 46.5 Å². The number of fused-ring (bicyclic) bond motifs is 1. The summed E-state index contributed by atoms with van der Waals surface area (Å²) in [5.41, 5.74) is 53.0. The summed E-state index contributed by atoms with van der Waals surface area (Å²) in [6.07, 6.45) is 5.46. The van der Waals surface area contributed by atoms with E-state index < -0.39 is 0 Å². The molecule has 9 rings (SSSR count). The minimum absolute atomic E-state index is 0.406. The fourth-order valence-electron chi connectivity index (χ4n) is 10.0. The predicted octanol–water partition coefficient (Wildman–Crippen LogP) is 18.8. The SMILES string of the molecule is CC(C)c1ccc(N)nc1C(C)C.CC(C)c1nc(N)cc2ccccc12.CNc1cc(C(C)C)c(C)cn1.CNc1ccc(C)c(C(C)C)n1.Cc1cc(N)nc(C(C)C)c1C.Cc1ccc(N)nc1C(C)C.Cc1ccnc(N)c1C.Cc1cnc(N)cc1C(C)C. The summed E-state index contributed by atoms with van der Waals surface area (Å²) in [5, 5.41) is 8.45. The molecule has 16 heteroatoms. The standard InChI is InChI=1S/C12H14N2.C11H18N2.3C10H16N2.2C9H14N2.C7H10N2/c1-8(2)12-10-6-4-3-5-9(10)7-11(13)14-12;1-7(2)9-5-6-10(12)13-11(9)8(3)4;1-7(2)9-5-10(11-4)12-6-8(9)3;1-7(2)10-8(3)5-6-9(11-4)12-10;1-6(2)10-8(4)7(3)5-9(11)12-10;1-6(2)8-4-9(10)11-5-7(8)3;1-6(2)9-7(3)4-5-8(10)11-9;1-5-3-4-9-7(8)6(5)2/h3-8H,1-2H3,(H2,13,14);5-8H,1-4H3,(H2,12,13);2*5-7H,1-4H3,(H,11,12);5-6H,1-4H3,(H2,11,12);2*4-6H,1-3H3,(H2,10,11);3-4H,1-2H3,(H2,8,9). The minimum Gasteiger partial charge on any atom is -0.384 e. The van der Waals surface area contributed by atoms with Crippen molar-refractivity contribution in [1.82, 2.24) is 39.9 Å². The maximum absolute atomic E-state index is 5.75. The van der Waals surface area contributed by atoms with Gasteiger partial charge in [0.25, 0.3) is 0 Å². The number of anilines is 8. The lowest BCUT2D eigenvalue weighted by Gasteiger charge is -2.14. The van der Waals surface area contributed by atoms with E-state index in [1.54, 1.807) is 6.20 Å². The van der Waals surface area contributed by atoms with E-state index in [0.29, 0.717) is 82.3 Å². The van der Waals surface area contributed by atoms with E-state index in [2.05, 4.69) is 233 Å². The molecule has 510 valence electrons. The van der Waals surface area contributed by atoms with Gasteiger partial charge in [-0.05, 0) is 218 Å². The highest BCUT2D eigenvalue weighted by atomic mass is 15.0. The van der Waals surface area contributed by atoms with E-state index in [1.807, 2.05) is 101 Å². The summed E-state index contributed by atoms with van der Waals surface area (Å²) in [6.45, 7) is 50.9. The number of nitrogen functional groups attached to an aromatic ring is 6. The van der Waals surface area contributed by atoms with Gasteiger partial charge in [-0.25, -0.2) is 39.9 Å². The molecule has 0 saturated heterocycles. The Hall–Kier alpha value is -8.92. The van der Waals surface area contributed by atoms with Gasteiger partial charge < -0.3 is 45.0 Å². The van der Waals surface area contributed by atoms with Crippen LogP contribution in [-0.2, 0) is 0 Å². The van der Waals surface area contributed by atoms with Crippen molar-refractivity contribution < 1.29 is 0 Å². The lowest BCUT2D eigenvalue weighted by Crippen LogP contribution is -2.04. The van der Waals surface area contributed by atoms with Gasteiger partial charge in [0.05, 0.1) is 5.69 Å². The number of rotatable bonds is 10. The van der Waals surface area contributed by atoms with Gasteiger partial charge in [0.1, 0.15) is 46.5 Å². The molecular formula is C78H118N16. The third kappa shape index (κ3) is 26.6. The Balaban J connectivity index is 0.000000367. The Kier molecular flexibility index (Phi) is 34.2. The van der Waals surface area contributed by atoms with Crippen molar-refractivity contribution >= 4 is 57.3 Å². The van der Waals surface area contributed by atoms with Crippen molar-refractivity contribution in [2.75, 3.05) is 59.1 Å². The van der Waals surface area contributed by atoms with E-state index in [4.69, 9.17) is 34.4 Å². The molecule has 8 aromatic heterocycles. The van der Waals surface area contributed by atoms with Crippen LogP contribution in [0, 0.1) is 55.4 Å². The number of aromatic nitrogens is 8. The Morgan fingerprint density at radius 2 is 0.755 bits per heavy atom. The Morgan fingerprint density at radius 1 is 0.309 bits per heavy atom. The summed E-state index contributed by atoms with van der Waals surface area (Å²) in [5.74, 6) is 9.48. The molecule has 0 fully saturated rings. The number of nitrogens with zero attached hydrogens (tertiary/aromatic N) is 8. The van der Waals surface area contributed by atoms with Crippen molar-refractivity contribution in [1.29, 1.82) is 0 Å². The summed E-state index contributed by atoms with van der Waals surface area (Å²) in [4.78, 5) is 33.9. The zero-order valence-electron chi connectivity index (χ0n) is 62.1. The fourth-order valence-corrected chi connectivity index (χ4v) is 10.0. The molecule has 0 aliphatic rings. The predicted molar refractivity (Wildman–Crippen MR) is 408 cm³/mol. The van der Waals surface area contributed by atoms with Gasteiger partial charge in [-0.15, -0.1) is 0 Å². The highest BCUT2D eigenvalue weighted by Crippen LogP contribution is 2.28. The van der Waals surface area contributed by atoms with Gasteiger partial charge in [0, 0.05) is 60.8 Å². The van der Waals surface area contributed by atoms with Crippen LogP contribution in [0.1, 0.15) is 248 Å². The maximum Gasteiger partial charge on any atom is 0.126 e. The zero-order valence-corrected chi connectivity index (χ0v) is 62.1. The first-order valence-electron chi connectivity index (χ1n) is 33.0. The van der Waals surface area contributed by atoms with E-state index >= 15 is 0 Å². The van der Waals surface area contributed by atoms with Crippen molar-refractivity contribution in [3.8, 4) is 0 Å². The second-order valence-electron chi connectivity index (χ2n) is 26.3. The quantitative estimate of drug-likeness (QED) is 0.0632. The van der Waals surface area contributed by atoms with Crippen molar-refractivity contribution in [2.45, 2.75) is 214 Å². The average Bonchev–Trinajstić information content (AvgIpc) is 0.854. The highest BCUT2D eigenvalue weighted by molar-refractivity contribution is 5.86. The summed E-state index contributed by atoms with van der Waals surface area (Å²) < 4.78 is 0. The maximum atomic E-state index is 5.75. The van der Waals surface area contributed by atoms with Crippen LogP contribution in [0.2, 0.25) is 0 Å². The molecule has 0 radical (unpaired) electrons. The molecule has 0 unspecified atom stereocenters. The molecule has 0 saturated carbocycles. The summed E-state index contributed by atoms with van der Waals surface area (Å²) in [7, 11) is 3.78. The van der Waals surface area contributed by atoms with Crippen molar-refractivity contribution in [3.63, 3.8) is 0 Å². The molecule has 1 aromatic carbocycles. The second-order valence-corrected chi connectivity index (χ2v) is 26.3. The molecule has 0 bridgehead atoms. The van der Waals surface area contributed by atoms with Gasteiger partial charge >= 0.3 is 0 Å². The molecule has 0 aliphatic heterocycles. The number of nitrogens with one attached hydrogen (secondary N) is 2. The topological polar surface area (TPSA) is 283 Å². The first-order chi connectivity index (χ1) is 43.9. The molecule has 0 aliphatic carbocycles. The fraction of sp³-hybridized carbons (Fsp3) is 0.436. The minimum atomic E-state index is 0.406. The second kappa shape index (κ2) is 39.6. The number of hydrogen-bond donors (Lipinski definition) is 8. The van der Waals surface area contributed by atoms with Crippen LogP contribution in [0.5, 0.6) is 0 Å². The molecule has 16 nitrogen and oxygen atoms in total. The van der Waals surface area contributed by atoms with Gasteiger partial charge in [-0.3, -0.25) is 0 Å². The van der Waals surface area contributed by atoms with Crippen molar-refractivity contribution in [3.05, 3.63) is 199 Å². The highest BCUT2D eigenvalue weighted by Gasteiger charge is 2.13. The Bertz CT molecular complexity index is 3620. The molecule has 0 amide bonds. The Morgan fingerprint density at radius 3 is 1.23 bits per heavy atom. The van der Waals surface area contributed by atoms with Crippen LogP contribution in [0.15, 0.2) is 110 Å². The van der Waals surface area contributed by atoms with E-state index in [-0.39, 0.29) is 0 Å². The van der Waals surface area contributed by atoms with Crippen LogP contribution in [-0.4, -0.2) is 54.0 Å². The number of benzene rings is 1. The average molecular weight is 1280 g/mol. The number of nitrogens with two attached hydrogens (primary N) is 6. The third-order valence-electron chi connectivity index (χ3n) is 15.6. The van der Waals surface area contributed by atoms with Gasteiger partial charge in [-0.2, -0.15) is 0 Å². The number of aryl methyl sites for hydroxylation is 6. The molecule has 8 heterocycles. The number of pyridine rings is 8. The van der Waals surface area contributed by atoms with Gasteiger partial charge in [0.2, 0.25) is 0 Å². The number of hydrogen-bond acceptors (Lipinski definition) is 16. The van der Waals surface area contributed by atoms with Crippen LogP contribution >= 0.6 is 0 Å². The van der Waals surface area contributed by atoms with Gasteiger partial charge in [-0.1, -0.05) is 153 Å². The normalized spacial score (nSPS) is 10.6. The lowest BCUT2D eigenvalue weighted by molar-refractivity contribution is 0.759. The van der Waals surface area contributed by atoms with Crippen LogP contribution in [0.3, 0.4) is 0 Å². The summed E-state index contributed by atoms with van der Waals surface area (Å²) in [6, 6.07) is 30.0. The van der Waals surface area contributed by atoms with Crippen molar-refractivity contribution in [2.24, 2.45) is 0 Å². The van der Waals surface area contributed by atoms with E-state index in [1.165, 1.54) is 72.1 Å². The summed E-state index contributed by atoms with van der Waals surface area (Å²) >= 11 is 0. The lowest BCUT2D eigenvalue weighted by atomic mass is 9.95. The first kappa shape index (κ1) is 81.2. The first-order valence-corrected chi connectivity index (χ1v) is 33.0. The zero-order chi connectivity index (χ0) is 71.4. The van der Waals surface area contributed by atoms with E-state index in [0.717, 1.165) is 40.0 Å².